The fourth-order valence-corrected chi connectivity index (χ4v) is 3.10. The van der Waals surface area contributed by atoms with Crippen LogP contribution in [0.5, 0.6) is 0 Å². The smallest absolute Gasteiger partial charge is 0.326 e. The first-order chi connectivity index (χ1) is 11.4. The van der Waals surface area contributed by atoms with Crippen molar-refractivity contribution in [2.75, 3.05) is 0 Å². The van der Waals surface area contributed by atoms with Crippen molar-refractivity contribution in [3.8, 4) is 0 Å². The van der Waals surface area contributed by atoms with Crippen LogP contribution in [0, 0.1) is 11.8 Å². The Bertz CT molecular complexity index is 493. The fourth-order valence-electron chi connectivity index (χ4n) is 3.10. The topological polar surface area (TPSA) is 66.4 Å². The normalized spacial score (nSPS) is 16.0. The molecule has 1 atom stereocenters. The monoisotopic (exact) mass is 333 g/mol. The van der Waals surface area contributed by atoms with Crippen LogP contribution in [0.1, 0.15) is 58.4 Å². The van der Waals surface area contributed by atoms with E-state index in [1.165, 1.54) is 39.0 Å². The zero-order chi connectivity index (χ0) is 17.9. The lowest BCUT2D eigenvalue weighted by Gasteiger charge is -2.24. The molecule has 1 fully saturated rings. The van der Waals surface area contributed by atoms with Gasteiger partial charge in [0.05, 0.1) is 0 Å². The third-order valence-corrected chi connectivity index (χ3v) is 4.55. The quantitative estimate of drug-likeness (QED) is 0.854. The van der Waals surface area contributed by atoms with E-state index in [2.05, 4.69) is 19.2 Å². The van der Waals surface area contributed by atoms with Gasteiger partial charge in [-0.3, -0.25) is 4.79 Å². The first-order valence-electron chi connectivity index (χ1n) is 8.94. The second-order valence-corrected chi connectivity index (χ2v) is 6.92. The van der Waals surface area contributed by atoms with Crippen LogP contribution >= 0.6 is 0 Å². The summed E-state index contributed by atoms with van der Waals surface area (Å²) in [6.07, 6.45) is 7.76. The lowest BCUT2D eigenvalue weighted by atomic mass is 9.82. The average Bonchev–Trinajstić information content (AvgIpc) is 2.56. The molecule has 1 amide bonds. The van der Waals surface area contributed by atoms with Gasteiger partial charge in [0, 0.05) is 13.3 Å². The Labute approximate surface area is 145 Å². The largest absolute Gasteiger partial charge is 0.480 e. The number of aliphatic carboxylic acids is 1. The van der Waals surface area contributed by atoms with E-state index in [-0.39, 0.29) is 5.91 Å². The van der Waals surface area contributed by atoms with Crippen molar-refractivity contribution in [3.63, 3.8) is 0 Å². The van der Waals surface area contributed by atoms with Gasteiger partial charge in [0.15, 0.2) is 0 Å². The molecule has 0 bridgehead atoms. The van der Waals surface area contributed by atoms with Crippen LogP contribution in [0.25, 0.3) is 0 Å². The highest BCUT2D eigenvalue weighted by Gasteiger charge is 2.18. The van der Waals surface area contributed by atoms with E-state index in [0.717, 1.165) is 17.4 Å². The first kappa shape index (κ1) is 20.2. The number of carbonyl (C=O) groups excluding carboxylic acids is 1. The van der Waals surface area contributed by atoms with Gasteiger partial charge in [-0.25, -0.2) is 4.79 Å². The molecule has 1 aromatic rings. The molecule has 1 unspecified atom stereocenters. The van der Waals surface area contributed by atoms with Gasteiger partial charge < -0.3 is 10.4 Å². The molecule has 0 radical (unpaired) electrons. The van der Waals surface area contributed by atoms with Crippen LogP contribution in [0.2, 0.25) is 0 Å². The predicted molar refractivity (Wildman–Crippen MR) is 96.8 cm³/mol. The third-order valence-electron chi connectivity index (χ3n) is 4.55. The molecule has 1 aromatic carbocycles. The maximum absolute atomic E-state index is 10.8. The van der Waals surface area contributed by atoms with E-state index < -0.39 is 12.0 Å². The highest BCUT2D eigenvalue weighted by Crippen LogP contribution is 2.29. The van der Waals surface area contributed by atoms with Crippen LogP contribution in [-0.2, 0) is 16.0 Å². The molecule has 2 N–H and O–H groups in total. The molecule has 4 nitrogen and oxygen atoms in total. The number of benzene rings is 1. The van der Waals surface area contributed by atoms with Crippen LogP contribution in [0.15, 0.2) is 30.3 Å². The molecule has 0 heterocycles. The van der Waals surface area contributed by atoms with Crippen LogP contribution in [-0.4, -0.2) is 23.0 Å². The molecule has 0 saturated heterocycles. The Kier molecular flexibility index (Phi) is 9.13. The van der Waals surface area contributed by atoms with Gasteiger partial charge in [-0.15, -0.1) is 0 Å². The molecular weight excluding hydrogens is 302 g/mol. The van der Waals surface area contributed by atoms with Gasteiger partial charge >= 0.3 is 5.97 Å². The lowest BCUT2D eigenvalue weighted by molar-refractivity contribution is -0.141. The van der Waals surface area contributed by atoms with E-state index >= 15 is 0 Å². The van der Waals surface area contributed by atoms with E-state index in [0.29, 0.717) is 6.42 Å². The number of hydrogen-bond acceptors (Lipinski definition) is 2. The summed E-state index contributed by atoms with van der Waals surface area (Å²) >= 11 is 0. The van der Waals surface area contributed by atoms with E-state index in [9.17, 15) is 9.59 Å². The number of rotatable bonds is 5. The van der Waals surface area contributed by atoms with Crippen molar-refractivity contribution in [2.24, 2.45) is 11.8 Å². The van der Waals surface area contributed by atoms with Gasteiger partial charge in [-0.1, -0.05) is 76.3 Å². The molecule has 0 aromatic heterocycles. The number of carboxylic acid groups (broad SMARTS) is 1. The van der Waals surface area contributed by atoms with E-state index in [4.69, 9.17) is 5.11 Å². The lowest BCUT2D eigenvalue weighted by Crippen LogP contribution is -2.41. The minimum Gasteiger partial charge on any atom is -0.480 e. The SMILES string of the molecule is CC(=O)NC(Cc1ccccc1)C(=O)O.CC(C)C1CCCCC1. The van der Waals surface area contributed by atoms with Gasteiger partial charge in [0.25, 0.3) is 0 Å². The number of amides is 1. The molecule has 0 aliphatic heterocycles. The van der Waals surface area contributed by atoms with Gasteiger partial charge in [-0.2, -0.15) is 0 Å². The average molecular weight is 333 g/mol. The zero-order valence-electron chi connectivity index (χ0n) is 15.1. The minimum absolute atomic E-state index is 0.301. The summed E-state index contributed by atoms with van der Waals surface area (Å²) in [6.45, 7) is 6.02. The summed E-state index contributed by atoms with van der Waals surface area (Å²) in [5.74, 6) is 0.636. The van der Waals surface area contributed by atoms with Crippen LogP contribution in [0.4, 0.5) is 0 Å². The Balaban J connectivity index is 0.000000272. The Morgan fingerprint density at radius 2 is 1.71 bits per heavy atom. The molecule has 1 aliphatic carbocycles. The van der Waals surface area contributed by atoms with Crippen molar-refractivity contribution in [3.05, 3.63) is 35.9 Å². The molecule has 4 heteroatoms. The molecule has 0 spiro atoms. The predicted octanol–water partition coefficient (Wildman–Crippen LogP) is 4.04. The van der Waals surface area contributed by atoms with Crippen molar-refractivity contribution in [1.82, 2.24) is 5.32 Å². The highest BCUT2D eigenvalue weighted by atomic mass is 16.4. The van der Waals surface area contributed by atoms with Crippen LogP contribution < -0.4 is 5.32 Å². The Morgan fingerprint density at radius 3 is 2.12 bits per heavy atom. The standard InChI is InChI=1S/C11H13NO3.C9H18/c1-8(13)12-10(11(14)15)7-9-5-3-2-4-6-9;1-8(2)9-6-4-3-5-7-9/h2-6,10H,7H2,1H3,(H,12,13)(H,14,15);8-9H,3-7H2,1-2H3. The fraction of sp³-hybridized carbons (Fsp3) is 0.600. The number of carboxylic acids is 1. The summed E-state index contributed by atoms with van der Waals surface area (Å²) < 4.78 is 0. The third kappa shape index (κ3) is 8.14. The summed E-state index contributed by atoms with van der Waals surface area (Å²) in [6, 6.07) is 8.34. The van der Waals surface area contributed by atoms with E-state index in [1.54, 1.807) is 0 Å². The summed E-state index contributed by atoms with van der Waals surface area (Å²) in [4.78, 5) is 21.6. The van der Waals surface area contributed by atoms with Gasteiger partial charge in [0.2, 0.25) is 5.91 Å². The van der Waals surface area contributed by atoms with Crippen molar-refractivity contribution < 1.29 is 14.7 Å². The summed E-state index contributed by atoms with van der Waals surface area (Å²) in [5, 5.41) is 11.3. The number of hydrogen-bond donors (Lipinski definition) is 2. The molecule has 134 valence electrons. The molecule has 1 saturated carbocycles. The molecule has 1 aliphatic rings. The zero-order valence-corrected chi connectivity index (χ0v) is 15.1. The van der Waals surface area contributed by atoms with E-state index in [1.807, 2.05) is 30.3 Å². The maximum Gasteiger partial charge on any atom is 0.326 e. The number of carbonyl (C=O) groups is 2. The van der Waals surface area contributed by atoms with Crippen molar-refractivity contribution in [2.45, 2.75) is 65.3 Å². The molecule has 24 heavy (non-hydrogen) atoms. The highest BCUT2D eigenvalue weighted by molar-refractivity contribution is 5.82. The molecular formula is C20H31NO3. The van der Waals surface area contributed by atoms with Gasteiger partial charge in [0.1, 0.15) is 6.04 Å². The van der Waals surface area contributed by atoms with Crippen LogP contribution in [0.3, 0.4) is 0 Å². The second-order valence-electron chi connectivity index (χ2n) is 6.92. The number of nitrogens with one attached hydrogen (secondary N) is 1. The summed E-state index contributed by atoms with van der Waals surface area (Å²) in [5.41, 5.74) is 0.888. The van der Waals surface area contributed by atoms with Gasteiger partial charge in [-0.05, 0) is 17.4 Å². The minimum atomic E-state index is -1.02. The second kappa shape index (κ2) is 10.8. The summed E-state index contributed by atoms with van der Waals surface area (Å²) in [7, 11) is 0. The van der Waals surface area contributed by atoms with Crippen molar-refractivity contribution >= 4 is 11.9 Å². The van der Waals surface area contributed by atoms with Crippen molar-refractivity contribution in [1.29, 1.82) is 0 Å². The Hall–Kier alpha value is -1.84. The Morgan fingerprint density at radius 1 is 1.12 bits per heavy atom. The first-order valence-corrected chi connectivity index (χ1v) is 8.94. The maximum atomic E-state index is 10.8. The molecule has 2 rings (SSSR count).